The van der Waals surface area contributed by atoms with E-state index in [2.05, 4.69) is 11.9 Å². The molecule has 0 bridgehead atoms. The van der Waals surface area contributed by atoms with Gasteiger partial charge in [0.05, 0.1) is 19.8 Å². The standard InChI is InChI=1S/C17H29NO13/c1-2-9(21)18-3-4-27-31-17-14(26)12(24)15(8(6-20)29-17)30-16-13(25)11(23)10(22)7(5-19)28-16/h2,7-8,10-17,19-20,22-26H,1,3-6H2,(H,18,21)/t7-,8-,10+,11+,12-,13-,14-,15-,16+,17+/m1/s1. The molecule has 0 saturated carbocycles. The van der Waals surface area contributed by atoms with Gasteiger partial charge in [-0.15, -0.1) is 0 Å². The van der Waals surface area contributed by atoms with Crippen molar-refractivity contribution in [2.45, 2.75) is 61.4 Å². The van der Waals surface area contributed by atoms with Crippen LogP contribution in [0.4, 0.5) is 0 Å². The first-order valence-electron chi connectivity index (χ1n) is 9.52. The molecular weight excluding hydrogens is 426 g/mol. The van der Waals surface area contributed by atoms with Crippen molar-refractivity contribution in [3.63, 3.8) is 0 Å². The molecule has 0 aromatic carbocycles. The summed E-state index contributed by atoms with van der Waals surface area (Å²) in [4.78, 5) is 20.7. The molecule has 0 spiro atoms. The number of hydrogen-bond donors (Lipinski definition) is 8. The van der Waals surface area contributed by atoms with E-state index in [1.165, 1.54) is 0 Å². The molecule has 2 saturated heterocycles. The average Bonchev–Trinajstić information content (AvgIpc) is 2.77. The number of nitrogens with one attached hydrogen (secondary N) is 1. The highest BCUT2D eigenvalue weighted by Crippen LogP contribution is 2.29. The average molecular weight is 455 g/mol. The summed E-state index contributed by atoms with van der Waals surface area (Å²) in [7, 11) is 0. The van der Waals surface area contributed by atoms with Gasteiger partial charge in [-0.25, -0.2) is 9.78 Å². The normalized spacial score (nSPS) is 41.0. The van der Waals surface area contributed by atoms with E-state index in [4.69, 9.17) is 24.0 Å². The van der Waals surface area contributed by atoms with Gasteiger partial charge >= 0.3 is 0 Å². The Morgan fingerprint density at radius 1 is 0.903 bits per heavy atom. The number of ether oxygens (including phenoxy) is 3. The number of aliphatic hydroxyl groups is 7. The van der Waals surface area contributed by atoms with Crippen LogP contribution in [0.1, 0.15) is 0 Å². The molecule has 2 aliphatic rings. The number of rotatable bonds is 10. The second kappa shape index (κ2) is 12.1. The van der Waals surface area contributed by atoms with Crippen LogP contribution in [0.2, 0.25) is 0 Å². The van der Waals surface area contributed by atoms with Crippen molar-refractivity contribution in [2.75, 3.05) is 26.4 Å². The van der Waals surface area contributed by atoms with Crippen molar-refractivity contribution in [3.05, 3.63) is 12.7 Å². The largest absolute Gasteiger partial charge is 0.394 e. The van der Waals surface area contributed by atoms with E-state index in [0.717, 1.165) is 6.08 Å². The maximum Gasteiger partial charge on any atom is 0.243 e. The lowest BCUT2D eigenvalue weighted by Gasteiger charge is -2.45. The molecule has 0 radical (unpaired) electrons. The summed E-state index contributed by atoms with van der Waals surface area (Å²) in [5, 5.41) is 71.6. The van der Waals surface area contributed by atoms with Gasteiger partial charge in [0.2, 0.25) is 12.2 Å². The first-order valence-corrected chi connectivity index (χ1v) is 9.52. The molecule has 8 N–H and O–H groups in total. The van der Waals surface area contributed by atoms with E-state index < -0.39 is 80.5 Å². The lowest BCUT2D eigenvalue weighted by atomic mass is 9.97. The third-order valence-corrected chi connectivity index (χ3v) is 4.79. The second-order valence-corrected chi connectivity index (χ2v) is 6.92. The Morgan fingerprint density at radius 2 is 1.52 bits per heavy atom. The van der Waals surface area contributed by atoms with Gasteiger partial charge in [-0.3, -0.25) is 4.79 Å². The third kappa shape index (κ3) is 6.38. The van der Waals surface area contributed by atoms with Gasteiger partial charge in [0.25, 0.3) is 0 Å². The highest BCUT2D eigenvalue weighted by Gasteiger charge is 2.51. The summed E-state index contributed by atoms with van der Waals surface area (Å²) in [5.74, 6) is -0.429. The van der Waals surface area contributed by atoms with Crippen LogP contribution in [-0.2, 0) is 28.8 Å². The van der Waals surface area contributed by atoms with Gasteiger partial charge in [-0.1, -0.05) is 6.58 Å². The van der Waals surface area contributed by atoms with Crippen molar-refractivity contribution >= 4 is 5.91 Å². The molecule has 0 aliphatic carbocycles. The predicted molar refractivity (Wildman–Crippen MR) is 96.6 cm³/mol. The molecule has 2 heterocycles. The number of carbonyl (C=O) groups excluding carboxylic acids is 1. The smallest absolute Gasteiger partial charge is 0.243 e. The van der Waals surface area contributed by atoms with Gasteiger partial charge in [0.1, 0.15) is 48.8 Å². The Kier molecular flexibility index (Phi) is 10.1. The van der Waals surface area contributed by atoms with Crippen LogP contribution in [0.5, 0.6) is 0 Å². The topological polar surface area (TPSA) is 217 Å². The van der Waals surface area contributed by atoms with Crippen molar-refractivity contribution < 1.29 is 64.5 Å². The molecule has 0 aromatic heterocycles. The van der Waals surface area contributed by atoms with E-state index in [0.29, 0.717) is 0 Å². The number of carbonyl (C=O) groups is 1. The summed E-state index contributed by atoms with van der Waals surface area (Å²) < 4.78 is 15.9. The van der Waals surface area contributed by atoms with Gasteiger partial charge < -0.3 is 55.3 Å². The molecule has 2 rings (SSSR count). The molecule has 1 amide bonds. The van der Waals surface area contributed by atoms with Crippen molar-refractivity contribution in [1.82, 2.24) is 5.32 Å². The SMILES string of the molecule is C=CC(=O)NCCOO[C@@H]1O[C@H](CO)[C@@H](O[C@@H]2O[C@H](CO)[C@H](O)[C@H](O)[C@H]2O)[C@H](O)[C@H]1O. The van der Waals surface area contributed by atoms with Crippen LogP contribution in [0, 0.1) is 0 Å². The quantitative estimate of drug-likeness (QED) is 0.0670. The second-order valence-electron chi connectivity index (χ2n) is 6.92. The summed E-state index contributed by atoms with van der Waals surface area (Å²) in [5.41, 5.74) is 0. The number of amides is 1. The monoisotopic (exact) mass is 455 g/mol. The number of hydrogen-bond acceptors (Lipinski definition) is 13. The van der Waals surface area contributed by atoms with E-state index >= 15 is 0 Å². The molecule has 31 heavy (non-hydrogen) atoms. The molecular formula is C17H29NO13. The summed E-state index contributed by atoms with van der Waals surface area (Å²) in [6.07, 6.45) is -14.6. The fraction of sp³-hybridized carbons (Fsp3) is 0.824. The summed E-state index contributed by atoms with van der Waals surface area (Å²) in [6, 6.07) is 0. The van der Waals surface area contributed by atoms with Crippen LogP contribution in [-0.4, -0.2) is 129 Å². The van der Waals surface area contributed by atoms with E-state index in [1.807, 2.05) is 0 Å². The summed E-state index contributed by atoms with van der Waals surface area (Å²) in [6.45, 7) is 1.80. The first kappa shape index (κ1) is 26.0. The highest BCUT2D eigenvalue weighted by molar-refractivity contribution is 5.86. The van der Waals surface area contributed by atoms with Gasteiger partial charge in [-0.2, -0.15) is 0 Å². The van der Waals surface area contributed by atoms with E-state index in [1.54, 1.807) is 0 Å². The Balaban J connectivity index is 1.94. The predicted octanol–water partition coefficient (Wildman–Crippen LogP) is -5.14. The fourth-order valence-electron chi connectivity index (χ4n) is 3.04. The lowest BCUT2D eigenvalue weighted by molar-refractivity contribution is -0.433. The van der Waals surface area contributed by atoms with Crippen molar-refractivity contribution in [2.24, 2.45) is 0 Å². The van der Waals surface area contributed by atoms with Gasteiger partial charge in [0.15, 0.2) is 6.29 Å². The number of aliphatic hydroxyl groups excluding tert-OH is 7. The molecule has 2 aliphatic heterocycles. The zero-order chi connectivity index (χ0) is 23.1. The Morgan fingerprint density at radius 3 is 2.13 bits per heavy atom. The molecule has 180 valence electrons. The van der Waals surface area contributed by atoms with Crippen LogP contribution in [0.3, 0.4) is 0 Å². The minimum absolute atomic E-state index is 0.0580. The van der Waals surface area contributed by atoms with E-state index in [-0.39, 0.29) is 13.2 Å². The molecule has 10 atom stereocenters. The zero-order valence-corrected chi connectivity index (χ0v) is 16.5. The van der Waals surface area contributed by atoms with Crippen LogP contribution in [0.15, 0.2) is 12.7 Å². The van der Waals surface area contributed by atoms with E-state index in [9.17, 15) is 40.5 Å². The van der Waals surface area contributed by atoms with Gasteiger partial charge in [0, 0.05) is 6.54 Å². The van der Waals surface area contributed by atoms with Crippen LogP contribution < -0.4 is 5.32 Å². The zero-order valence-electron chi connectivity index (χ0n) is 16.5. The molecule has 0 aromatic rings. The maximum atomic E-state index is 11.0. The Labute approximate surface area is 177 Å². The highest BCUT2D eigenvalue weighted by atomic mass is 17.2. The van der Waals surface area contributed by atoms with Crippen LogP contribution in [0.25, 0.3) is 0 Å². The summed E-state index contributed by atoms with van der Waals surface area (Å²) >= 11 is 0. The van der Waals surface area contributed by atoms with Gasteiger partial charge in [-0.05, 0) is 6.08 Å². The maximum absolute atomic E-state index is 11.0. The Hall–Kier alpha value is -1.27. The lowest BCUT2D eigenvalue weighted by Crippen LogP contribution is -2.64. The molecule has 0 unspecified atom stereocenters. The van der Waals surface area contributed by atoms with Crippen molar-refractivity contribution in [1.29, 1.82) is 0 Å². The molecule has 2 fully saturated rings. The minimum atomic E-state index is -1.76. The Bertz CT molecular complexity index is 576. The molecule has 14 nitrogen and oxygen atoms in total. The molecule has 14 heteroatoms. The minimum Gasteiger partial charge on any atom is -0.394 e. The first-order chi connectivity index (χ1) is 14.7. The third-order valence-electron chi connectivity index (χ3n) is 4.79. The van der Waals surface area contributed by atoms with Crippen LogP contribution >= 0.6 is 0 Å². The fourth-order valence-corrected chi connectivity index (χ4v) is 3.04. The van der Waals surface area contributed by atoms with Crippen molar-refractivity contribution in [3.8, 4) is 0 Å².